The van der Waals surface area contributed by atoms with Crippen LogP contribution in [0.25, 0.3) is 0 Å². The number of aromatic amines is 2. The molecule has 3 rings (SSSR count). The van der Waals surface area contributed by atoms with Gasteiger partial charge in [0.25, 0.3) is 5.56 Å². The Labute approximate surface area is 147 Å². The Bertz CT molecular complexity index is 855. The topological polar surface area (TPSA) is 152 Å². The summed E-state index contributed by atoms with van der Waals surface area (Å²) in [5.41, 5.74) is -1.69. The van der Waals surface area contributed by atoms with Crippen molar-refractivity contribution in [1.82, 2.24) is 20.2 Å². The van der Waals surface area contributed by atoms with Crippen LogP contribution in [0.2, 0.25) is 0 Å². The Morgan fingerprint density at radius 2 is 1.81 bits per heavy atom. The van der Waals surface area contributed by atoms with Crippen LogP contribution in [0.5, 0.6) is 5.88 Å². The molecule has 1 aromatic heterocycles. The van der Waals surface area contributed by atoms with Crippen LogP contribution in [0.1, 0.15) is 32.6 Å². The molecule has 1 saturated heterocycles. The van der Waals surface area contributed by atoms with Gasteiger partial charge in [-0.3, -0.25) is 34.6 Å². The maximum absolute atomic E-state index is 12.2. The van der Waals surface area contributed by atoms with Gasteiger partial charge in [-0.1, -0.05) is 6.08 Å². The van der Waals surface area contributed by atoms with Crippen molar-refractivity contribution in [2.45, 2.75) is 32.6 Å². The van der Waals surface area contributed by atoms with Gasteiger partial charge in [0.2, 0.25) is 11.8 Å². The minimum atomic E-state index is -1.21. The second-order valence-corrected chi connectivity index (χ2v) is 6.20. The standard InChI is InChI=1S/C12H16N2O3.C4H4N2O3/c1-12(8-6-4-3-5-7-8)9(15)13-11(17)14(2)10(12)16;7-2-1-3(8)6-4(9)5-2/h6H,3-5,7H2,1-2H3,(H,13,15,17);1H,(H3,5,6,7,8,9). The van der Waals surface area contributed by atoms with Crippen LogP contribution < -0.4 is 16.6 Å². The first-order chi connectivity index (χ1) is 12.2. The maximum atomic E-state index is 12.2. The van der Waals surface area contributed by atoms with E-state index < -0.39 is 40.4 Å². The van der Waals surface area contributed by atoms with Gasteiger partial charge in [0.1, 0.15) is 5.41 Å². The molecule has 1 aliphatic heterocycles. The number of nitrogens with zero attached hydrogens (tertiary/aromatic N) is 1. The number of amides is 4. The first-order valence-electron chi connectivity index (χ1n) is 8.02. The molecule has 4 N–H and O–H groups in total. The number of nitrogens with one attached hydrogen (secondary N) is 3. The van der Waals surface area contributed by atoms with Crippen molar-refractivity contribution in [2.75, 3.05) is 7.05 Å². The minimum Gasteiger partial charge on any atom is -0.494 e. The van der Waals surface area contributed by atoms with E-state index in [9.17, 15) is 24.0 Å². The van der Waals surface area contributed by atoms with E-state index in [-0.39, 0.29) is 0 Å². The van der Waals surface area contributed by atoms with Crippen molar-refractivity contribution in [3.8, 4) is 5.88 Å². The van der Waals surface area contributed by atoms with Crippen molar-refractivity contribution in [3.05, 3.63) is 38.6 Å². The highest BCUT2D eigenvalue weighted by Gasteiger charge is 2.51. The van der Waals surface area contributed by atoms with Crippen molar-refractivity contribution in [3.63, 3.8) is 0 Å². The number of H-pyrrole nitrogens is 2. The van der Waals surface area contributed by atoms with Crippen LogP contribution in [0.4, 0.5) is 4.79 Å². The van der Waals surface area contributed by atoms with Gasteiger partial charge in [-0.25, -0.2) is 9.59 Å². The Morgan fingerprint density at radius 1 is 1.12 bits per heavy atom. The summed E-state index contributed by atoms with van der Waals surface area (Å²) >= 11 is 0. The summed E-state index contributed by atoms with van der Waals surface area (Å²) in [5, 5.41) is 10.8. The third-order valence-corrected chi connectivity index (χ3v) is 4.39. The molecule has 2 aliphatic rings. The molecule has 1 aromatic rings. The number of hydrogen-bond donors (Lipinski definition) is 4. The summed E-state index contributed by atoms with van der Waals surface area (Å²) in [6, 6.07) is 0.232. The molecule has 1 fully saturated rings. The Balaban J connectivity index is 0.000000228. The van der Waals surface area contributed by atoms with Gasteiger partial charge < -0.3 is 5.11 Å². The Hall–Kier alpha value is -3.17. The third kappa shape index (κ3) is 3.73. The zero-order valence-electron chi connectivity index (χ0n) is 14.4. The average Bonchev–Trinajstić information content (AvgIpc) is 2.58. The normalized spacial score (nSPS) is 22.9. The zero-order valence-corrected chi connectivity index (χ0v) is 14.4. The summed E-state index contributed by atoms with van der Waals surface area (Å²) < 4.78 is 0. The van der Waals surface area contributed by atoms with E-state index in [1.54, 1.807) is 6.92 Å². The van der Waals surface area contributed by atoms with E-state index in [0.717, 1.165) is 42.2 Å². The first-order valence-corrected chi connectivity index (χ1v) is 8.02. The highest BCUT2D eigenvalue weighted by atomic mass is 16.3. The molecule has 1 atom stereocenters. The molecule has 1 aliphatic carbocycles. The highest BCUT2D eigenvalue weighted by molar-refractivity contribution is 6.20. The van der Waals surface area contributed by atoms with Crippen molar-refractivity contribution < 1.29 is 19.5 Å². The molecule has 0 aromatic carbocycles. The highest BCUT2D eigenvalue weighted by Crippen LogP contribution is 2.37. The predicted octanol–water partition coefficient (Wildman–Crippen LogP) is -0.0299. The predicted molar refractivity (Wildman–Crippen MR) is 90.3 cm³/mol. The number of urea groups is 1. The molecule has 0 bridgehead atoms. The molecular formula is C16H20N4O6. The molecule has 26 heavy (non-hydrogen) atoms. The summed E-state index contributed by atoms with van der Waals surface area (Å²) in [5.74, 6) is -1.36. The zero-order chi connectivity index (χ0) is 19.5. The van der Waals surface area contributed by atoms with Gasteiger partial charge in [-0.15, -0.1) is 0 Å². The number of aromatic hydroxyl groups is 1. The summed E-state index contributed by atoms with van der Waals surface area (Å²) in [6.07, 6.45) is 5.68. The first kappa shape index (κ1) is 19.2. The second kappa shape index (κ2) is 7.38. The second-order valence-electron chi connectivity index (χ2n) is 6.20. The van der Waals surface area contributed by atoms with Gasteiger partial charge >= 0.3 is 11.7 Å². The number of barbiturate groups is 1. The Kier molecular flexibility index (Phi) is 5.44. The molecule has 1 unspecified atom stereocenters. The van der Waals surface area contributed by atoms with Crippen molar-refractivity contribution in [2.24, 2.45) is 5.41 Å². The Morgan fingerprint density at radius 3 is 2.35 bits per heavy atom. The van der Waals surface area contributed by atoms with Crippen LogP contribution in [-0.2, 0) is 9.59 Å². The molecule has 0 saturated carbocycles. The maximum Gasteiger partial charge on any atom is 0.330 e. The molecular weight excluding hydrogens is 344 g/mol. The van der Waals surface area contributed by atoms with E-state index in [4.69, 9.17) is 5.11 Å². The lowest BCUT2D eigenvalue weighted by Crippen LogP contribution is -2.62. The van der Waals surface area contributed by atoms with Crippen LogP contribution in [0, 0.1) is 5.41 Å². The van der Waals surface area contributed by atoms with Gasteiger partial charge in [-0.05, 0) is 38.2 Å². The molecule has 2 heterocycles. The molecule has 10 nitrogen and oxygen atoms in total. The lowest BCUT2D eigenvalue weighted by molar-refractivity contribution is -0.146. The molecule has 140 valence electrons. The van der Waals surface area contributed by atoms with E-state index in [0.29, 0.717) is 0 Å². The van der Waals surface area contributed by atoms with Crippen molar-refractivity contribution in [1.29, 1.82) is 0 Å². The lowest BCUT2D eigenvalue weighted by Gasteiger charge is -2.37. The van der Waals surface area contributed by atoms with Crippen LogP contribution in [0.3, 0.4) is 0 Å². The number of carbonyl (C=O) groups excluding carboxylic acids is 3. The van der Waals surface area contributed by atoms with E-state index in [2.05, 4.69) is 5.32 Å². The quantitative estimate of drug-likeness (QED) is 0.405. The van der Waals surface area contributed by atoms with Gasteiger partial charge in [0.05, 0.1) is 6.07 Å². The van der Waals surface area contributed by atoms with Crippen molar-refractivity contribution >= 4 is 17.8 Å². The number of hydrogen-bond acceptors (Lipinski definition) is 6. The van der Waals surface area contributed by atoms with Gasteiger partial charge in [0.15, 0.2) is 5.88 Å². The smallest absolute Gasteiger partial charge is 0.330 e. The summed E-state index contributed by atoms with van der Waals surface area (Å²) in [7, 11) is 1.39. The van der Waals surface area contributed by atoms with E-state index in [1.165, 1.54) is 7.05 Å². The average molecular weight is 364 g/mol. The van der Waals surface area contributed by atoms with Gasteiger partial charge in [0, 0.05) is 7.05 Å². The molecule has 0 radical (unpaired) electrons. The fraction of sp³-hybridized carbons (Fsp3) is 0.438. The minimum absolute atomic E-state index is 0.427. The third-order valence-electron chi connectivity index (χ3n) is 4.39. The fourth-order valence-electron chi connectivity index (χ4n) is 2.86. The monoisotopic (exact) mass is 364 g/mol. The number of imide groups is 2. The van der Waals surface area contributed by atoms with Crippen LogP contribution in [-0.4, -0.2) is 44.9 Å². The largest absolute Gasteiger partial charge is 0.494 e. The molecule has 0 spiro atoms. The van der Waals surface area contributed by atoms with E-state index in [1.807, 2.05) is 16.0 Å². The van der Waals surface area contributed by atoms with Crippen LogP contribution >= 0.6 is 0 Å². The SMILES string of the molecule is CN1C(=O)NC(=O)C(C)(C2=CCCCC2)C1=O.O=c1cc(O)[nH]c(=O)[nH]1. The number of carbonyl (C=O) groups is 3. The number of allylic oxidation sites excluding steroid dienone is 1. The van der Waals surface area contributed by atoms with Gasteiger partial charge in [-0.2, -0.15) is 0 Å². The number of aromatic nitrogens is 2. The summed E-state index contributed by atoms with van der Waals surface area (Å²) in [4.78, 5) is 60.8. The molecule has 4 amide bonds. The molecule has 10 heteroatoms. The fourth-order valence-corrected chi connectivity index (χ4v) is 2.86. The lowest BCUT2D eigenvalue weighted by atomic mass is 9.74. The van der Waals surface area contributed by atoms with E-state index >= 15 is 0 Å². The summed E-state index contributed by atoms with van der Waals surface area (Å²) in [6.45, 7) is 1.60. The van der Waals surface area contributed by atoms with Crippen LogP contribution in [0.15, 0.2) is 27.3 Å². The number of rotatable bonds is 1.